The second-order valence-electron chi connectivity index (χ2n) is 4.21. The van der Waals surface area contributed by atoms with Crippen LogP contribution in [0.3, 0.4) is 0 Å². The van der Waals surface area contributed by atoms with Crippen LogP contribution in [0.5, 0.6) is 0 Å². The second-order valence-corrected chi connectivity index (χ2v) is 4.21. The number of hydrogen-bond donors (Lipinski definition) is 4. The third-order valence-corrected chi connectivity index (χ3v) is 2.81. The first-order chi connectivity index (χ1) is 7.78. The Bertz CT molecular complexity index is 140. The lowest BCUT2D eigenvalue weighted by Crippen LogP contribution is -2.14. The molecule has 0 atom stereocenters. The number of allylic oxidation sites excluding steroid dienone is 2. The Morgan fingerprint density at radius 2 is 0.812 bits per heavy atom. The van der Waals surface area contributed by atoms with Gasteiger partial charge < -0.3 is 22.9 Å². The zero-order valence-electron chi connectivity index (χ0n) is 10.3. The Morgan fingerprint density at radius 1 is 0.562 bits per heavy atom. The van der Waals surface area contributed by atoms with E-state index >= 15 is 0 Å². The van der Waals surface area contributed by atoms with Crippen molar-refractivity contribution in [3.63, 3.8) is 0 Å². The van der Waals surface area contributed by atoms with E-state index in [0.29, 0.717) is 38.0 Å². The average molecular weight is 228 g/mol. The molecule has 0 bridgehead atoms. The highest BCUT2D eigenvalue weighted by atomic mass is 14.6. The minimum absolute atomic E-state index is 0.507. The van der Waals surface area contributed by atoms with Crippen molar-refractivity contribution in [2.45, 2.75) is 25.7 Å². The lowest BCUT2D eigenvalue weighted by Gasteiger charge is -2.13. The summed E-state index contributed by atoms with van der Waals surface area (Å²) in [5, 5.41) is 0. The van der Waals surface area contributed by atoms with Crippen molar-refractivity contribution in [2.75, 3.05) is 26.2 Å². The van der Waals surface area contributed by atoms with Crippen molar-refractivity contribution < 1.29 is 0 Å². The molecule has 4 heteroatoms. The van der Waals surface area contributed by atoms with Crippen LogP contribution < -0.4 is 22.9 Å². The molecule has 8 N–H and O–H groups in total. The summed E-state index contributed by atoms with van der Waals surface area (Å²) < 4.78 is 0. The van der Waals surface area contributed by atoms with Crippen molar-refractivity contribution in [2.24, 2.45) is 34.8 Å². The molecule has 96 valence electrons. The monoisotopic (exact) mass is 228 g/mol. The summed E-state index contributed by atoms with van der Waals surface area (Å²) in [4.78, 5) is 0. The van der Waals surface area contributed by atoms with Gasteiger partial charge in [-0.2, -0.15) is 0 Å². The largest absolute Gasteiger partial charge is 0.330 e. The maximum atomic E-state index is 5.57. The van der Waals surface area contributed by atoms with Crippen molar-refractivity contribution in [1.29, 1.82) is 0 Å². The molecule has 0 heterocycles. The summed E-state index contributed by atoms with van der Waals surface area (Å²) in [6.45, 7) is 2.86. The fourth-order valence-corrected chi connectivity index (χ4v) is 1.84. The number of nitrogens with two attached hydrogens (primary N) is 4. The summed E-state index contributed by atoms with van der Waals surface area (Å²) in [6.07, 6.45) is 8.51. The summed E-state index contributed by atoms with van der Waals surface area (Å²) in [6, 6.07) is 0. The fraction of sp³-hybridized carbons (Fsp3) is 0.833. The molecule has 0 unspecified atom stereocenters. The Kier molecular flexibility index (Phi) is 10.8. The second kappa shape index (κ2) is 11.1. The van der Waals surface area contributed by atoms with Crippen LogP contribution in [-0.4, -0.2) is 26.2 Å². The van der Waals surface area contributed by atoms with E-state index in [1.165, 1.54) is 0 Å². The molecular formula is C12H28N4. The zero-order valence-corrected chi connectivity index (χ0v) is 10.3. The normalized spacial score (nSPS) is 12.1. The summed E-state index contributed by atoms with van der Waals surface area (Å²) in [5.74, 6) is 1.01. The zero-order chi connectivity index (χ0) is 12.2. The highest BCUT2D eigenvalue weighted by Gasteiger charge is 2.05. The van der Waals surface area contributed by atoms with Gasteiger partial charge in [-0.05, 0) is 63.7 Å². The van der Waals surface area contributed by atoms with E-state index in [-0.39, 0.29) is 0 Å². The molecule has 16 heavy (non-hydrogen) atoms. The SMILES string of the molecule is NCCC(/C=C/C(CCN)CCN)CCN. The molecule has 0 radical (unpaired) electrons. The van der Waals surface area contributed by atoms with Gasteiger partial charge in [0.05, 0.1) is 0 Å². The Morgan fingerprint density at radius 3 is 1.00 bits per heavy atom. The average Bonchev–Trinajstić information content (AvgIpc) is 2.27. The van der Waals surface area contributed by atoms with Crippen LogP contribution in [-0.2, 0) is 0 Å². The summed E-state index contributed by atoms with van der Waals surface area (Å²) >= 11 is 0. The molecule has 0 aromatic heterocycles. The first-order valence-corrected chi connectivity index (χ1v) is 6.27. The Balaban J connectivity index is 4.12. The van der Waals surface area contributed by atoms with Crippen LogP contribution in [0, 0.1) is 11.8 Å². The maximum Gasteiger partial charge on any atom is -0.00717 e. The fourth-order valence-electron chi connectivity index (χ4n) is 1.84. The van der Waals surface area contributed by atoms with E-state index in [2.05, 4.69) is 12.2 Å². The van der Waals surface area contributed by atoms with E-state index in [4.69, 9.17) is 22.9 Å². The van der Waals surface area contributed by atoms with Crippen molar-refractivity contribution in [1.82, 2.24) is 0 Å². The molecule has 0 amide bonds. The molecule has 4 nitrogen and oxygen atoms in total. The lowest BCUT2D eigenvalue weighted by atomic mass is 9.95. The van der Waals surface area contributed by atoms with Gasteiger partial charge in [-0.1, -0.05) is 12.2 Å². The topological polar surface area (TPSA) is 104 Å². The minimum atomic E-state index is 0.507. The highest BCUT2D eigenvalue weighted by molar-refractivity contribution is 4.93. The standard InChI is InChI=1S/C12H28N4/c13-7-3-11(4-8-14)1-2-12(5-9-15)6-10-16/h1-2,11-12H,3-10,13-16H2/b2-1+. The summed E-state index contributed by atoms with van der Waals surface area (Å²) in [7, 11) is 0. The molecule has 0 spiro atoms. The van der Waals surface area contributed by atoms with Gasteiger partial charge in [-0.25, -0.2) is 0 Å². The molecule has 0 aliphatic carbocycles. The van der Waals surface area contributed by atoms with Gasteiger partial charge in [0, 0.05) is 0 Å². The van der Waals surface area contributed by atoms with Gasteiger partial charge in [0.1, 0.15) is 0 Å². The van der Waals surface area contributed by atoms with Crippen LogP contribution in [0.4, 0.5) is 0 Å². The van der Waals surface area contributed by atoms with E-state index in [1.807, 2.05) is 0 Å². The first-order valence-electron chi connectivity index (χ1n) is 6.27. The van der Waals surface area contributed by atoms with Crippen LogP contribution in [0.1, 0.15) is 25.7 Å². The van der Waals surface area contributed by atoms with E-state index in [9.17, 15) is 0 Å². The molecule has 0 aliphatic heterocycles. The summed E-state index contributed by atoms with van der Waals surface area (Å²) in [5.41, 5.74) is 22.3. The van der Waals surface area contributed by atoms with Crippen molar-refractivity contribution in [3.05, 3.63) is 12.2 Å². The lowest BCUT2D eigenvalue weighted by molar-refractivity contribution is 0.531. The van der Waals surface area contributed by atoms with Gasteiger partial charge >= 0.3 is 0 Å². The molecule has 0 aromatic carbocycles. The number of hydrogen-bond acceptors (Lipinski definition) is 4. The van der Waals surface area contributed by atoms with E-state index in [0.717, 1.165) is 25.7 Å². The minimum Gasteiger partial charge on any atom is -0.330 e. The third kappa shape index (κ3) is 7.82. The predicted octanol–water partition coefficient (Wildman–Crippen LogP) is 0.170. The van der Waals surface area contributed by atoms with Gasteiger partial charge in [0.25, 0.3) is 0 Å². The predicted molar refractivity (Wildman–Crippen MR) is 70.8 cm³/mol. The van der Waals surface area contributed by atoms with E-state index in [1.54, 1.807) is 0 Å². The number of rotatable bonds is 10. The molecule has 0 saturated carbocycles. The van der Waals surface area contributed by atoms with Crippen LogP contribution in [0.2, 0.25) is 0 Å². The third-order valence-electron chi connectivity index (χ3n) is 2.81. The Labute approximate surface area is 99.4 Å². The van der Waals surface area contributed by atoms with Crippen LogP contribution in [0.25, 0.3) is 0 Å². The molecule has 0 rings (SSSR count). The van der Waals surface area contributed by atoms with Crippen LogP contribution in [0.15, 0.2) is 12.2 Å². The van der Waals surface area contributed by atoms with E-state index < -0.39 is 0 Å². The van der Waals surface area contributed by atoms with Gasteiger partial charge in [0.2, 0.25) is 0 Å². The molecule has 0 fully saturated rings. The van der Waals surface area contributed by atoms with Crippen molar-refractivity contribution >= 4 is 0 Å². The Hall–Kier alpha value is -0.420. The van der Waals surface area contributed by atoms with Gasteiger partial charge in [0.15, 0.2) is 0 Å². The van der Waals surface area contributed by atoms with Gasteiger partial charge in [-0.3, -0.25) is 0 Å². The molecule has 0 aliphatic rings. The van der Waals surface area contributed by atoms with Crippen molar-refractivity contribution in [3.8, 4) is 0 Å². The maximum absolute atomic E-state index is 5.57. The van der Waals surface area contributed by atoms with Crippen LogP contribution >= 0.6 is 0 Å². The molecule has 0 saturated heterocycles. The smallest absolute Gasteiger partial charge is 0.00717 e. The highest BCUT2D eigenvalue weighted by Crippen LogP contribution is 2.14. The van der Waals surface area contributed by atoms with Gasteiger partial charge in [-0.15, -0.1) is 0 Å². The quantitative estimate of drug-likeness (QED) is 0.400. The first kappa shape index (κ1) is 15.6. The molecular weight excluding hydrogens is 200 g/mol. The molecule has 0 aromatic rings.